The molecule has 0 bridgehead atoms. The Balaban J connectivity index is 1.97. The van der Waals surface area contributed by atoms with Crippen molar-refractivity contribution in [2.45, 2.75) is 38.6 Å². The monoisotopic (exact) mass is 311 g/mol. The number of methoxy groups -OCH3 is 1. The molecule has 120 valence electrons. The smallest absolute Gasteiger partial charge is 0.221 e. The van der Waals surface area contributed by atoms with E-state index in [1.807, 2.05) is 12.3 Å². The Morgan fingerprint density at radius 2 is 1.91 bits per heavy atom. The molecule has 2 N–H and O–H groups in total. The highest BCUT2D eigenvalue weighted by Crippen LogP contribution is 2.38. The molecule has 0 radical (unpaired) electrons. The van der Waals surface area contributed by atoms with Crippen LogP contribution < -0.4 is 10.5 Å². The summed E-state index contributed by atoms with van der Waals surface area (Å²) in [6, 6.07) is 2.40. The lowest BCUT2D eigenvalue weighted by Gasteiger charge is -2.28. The summed E-state index contributed by atoms with van der Waals surface area (Å²) in [4.78, 5) is 13.1. The first-order valence-corrected chi connectivity index (χ1v) is 8.13. The minimum absolute atomic E-state index is 0.311. The van der Waals surface area contributed by atoms with Gasteiger partial charge in [0.2, 0.25) is 11.8 Å². The molecule has 3 heterocycles. The van der Waals surface area contributed by atoms with Gasteiger partial charge in [-0.3, -0.25) is 0 Å². The second kappa shape index (κ2) is 5.37. The van der Waals surface area contributed by atoms with Crippen LogP contribution in [0.1, 0.15) is 38.6 Å². The van der Waals surface area contributed by atoms with Crippen LogP contribution >= 0.6 is 0 Å². The van der Waals surface area contributed by atoms with Crippen molar-refractivity contribution in [2.24, 2.45) is 5.92 Å². The minimum atomic E-state index is 0.311. The molecule has 1 aliphatic rings. The van der Waals surface area contributed by atoms with Crippen molar-refractivity contribution in [3.8, 4) is 5.88 Å². The van der Waals surface area contributed by atoms with Gasteiger partial charge >= 0.3 is 0 Å². The molecule has 0 unspecified atom stereocenters. The molecule has 0 spiro atoms. The van der Waals surface area contributed by atoms with Gasteiger partial charge in [-0.1, -0.05) is 6.92 Å². The van der Waals surface area contributed by atoms with Crippen molar-refractivity contribution >= 4 is 27.9 Å². The second-order valence-electron chi connectivity index (χ2n) is 6.49. The number of anilines is 1. The van der Waals surface area contributed by atoms with Crippen LogP contribution in [0.25, 0.3) is 21.9 Å². The summed E-state index contributed by atoms with van der Waals surface area (Å²) in [5.41, 5.74) is 7.83. The van der Waals surface area contributed by atoms with Gasteiger partial charge in [0, 0.05) is 29.1 Å². The van der Waals surface area contributed by atoms with Crippen molar-refractivity contribution in [1.29, 1.82) is 0 Å². The number of hydrogen-bond acceptors (Lipinski definition) is 5. The fraction of sp³-hybridized carbons (Fsp3) is 0.471. The summed E-state index contributed by atoms with van der Waals surface area (Å²) in [7, 11) is 1.63. The van der Waals surface area contributed by atoms with Gasteiger partial charge in [0.1, 0.15) is 5.65 Å². The first-order chi connectivity index (χ1) is 11.2. The molecule has 3 aromatic heterocycles. The highest BCUT2D eigenvalue weighted by molar-refractivity contribution is 6.06. The number of pyridine rings is 1. The Bertz CT molecular complexity index is 864. The molecule has 0 aliphatic heterocycles. The Morgan fingerprint density at radius 1 is 1.13 bits per heavy atom. The number of nitrogen functional groups attached to an aromatic ring is 1. The number of rotatable bonds is 2. The fourth-order valence-electron chi connectivity index (χ4n) is 3.69. The normalized spacial score (nSPS) is 21.8. The molecule has 0 atom stereocenters. The van der Waals surface area contributed by atoms with E-state index in [9.17, 15) is 0 Å². The maximum atomic E-state index is 5.85. The molecule has 4 rings (SSSR count). The number of nitrogens with two attached hydrogens (primary N) is 1. The van der Waals surface area contributed by atoms with Crippen LogP contribution in [0.2, 0.25) is 0 Å². The van der Waals surface area contributed by atoms with Gasteiger partial charge in [-0.15, -0.1) is 0 Å². The third-order valence-corrected chi connectivity index (χ3v) is 4.98. The van der Waals surface area contributed by atoms with Gasteiger partial charge in [0.05, 0.1) is 18.8 Å². The minimum Gasteiger partial charge on any atom is -0.481 e. The van der Waals surface area contributed by atoms with Crippen molar-refractivity contribution in [2.75, 3.05) is 12.8 Å². The molecule has 0 saturated heterocycles. The maximum Gasteiger partial charge on any atom is 0.221 e. The predicted octanol–water partition coefficient (Wildman–Crippen LogP) is 3.32. The van der Waals surface area contributed by atoms with E-state index in [0.717, 1.165) is 40.7 Å². The van der Waals surface area contributed by atoms with Crippen LogP contribution in [0.5, 0.6) is 5.88 Å². The lowest BCUT2D eigenvalue weighted by atomic mass is 9.87. The Morgan fingerprint density at radius 3 is 2.65 bits per heavy atom. The molecule has 3 aromatic rings. The second-order valence-corrected chi connectivity index (χ2v) is 6.49. The van der Waals surface area contributed by atoms with E-state index in [0.29, 0.717) is 17.9 Å². The van der Waals surface area contributed by atoms with Crippen LogP contribution in [0, 0.1) is 5.92 Å². The molecule has 1 saturated carbocycles. The highest BCUT2D eigenvalue weighted by Gasteiger charge is 2.24. The third-order valence-electron chi connectivity index (χ3n) is 4.98. The Labute approximate surface area is 134 Å². The molecule has 23 heavy (non-hydrogen) atoms. The summed E-state index contributed by atoms with van der Waals surface area (Å²) in [6.07, 6.45) is 8.50. The van der Waals surface area contributed by atoms with Gasteiger partial charge in [-0.25, -0.2) is 9.97 Å². The van der Waals surface area contributed by atoms with Crippen molar-refractivity contribution in [3.63, 3.8) is 0 Å². The van der Waals surface area contributed by atoms with Gasteiger partial charge in [-0.2, -0.15) is 4.98 Å². The summed E-state index contributed by atoms with van der Waals surface area (Å²) < 4.78 is 7.58. The van der Waals surface area contributed by atoms with Gasteiger partial charge in [-0.05, 0) is 31.6 Å². The lowest BCUT2D eigenvalue weighted by molar-refractivity contribution is 0.298. The van der Waals surface area contributed by atoms with E-state index in [2.05, 4.69) is 26.4 Å². The number of nitrogens with zero attached hydrogens (tertiary/aromatic N) is 4. The van der Waals surface area contributed by atoms with Crippen LogP contribution in [0.3, 0.4) is 0 Å². The van der Waals surface area contributed by atoms with Gasteiger partial charge < -0.3 is 15.0 Å². The summed E-state index contributed by atoms with van der Waals surface area (Å²) in [5, 5.41) is 2.08. The fourth-order valence-corrected chi connectivity index (χ4v) is 3.69. The summed E-state index contributed by atoms with van der Waals surface area (Å²) >= 11 is 0. The standard InChI is InChI=1S/C17H21N5O/c1-10-3-5-11(6-4-10)22-14-9-19-15(23-2)7-12(14)13-8-20-17(18)21-16(13)22/h7-11H,3-6H2,1-2H3,(H2,18,20,21). The van der Waals surface area contributed by atoms with E-state index in [1.54, 1.807) is 13.3 Å². The molecule has 0 aromatic carbocycles. The van der Waals surface area contributed by atoms with Gasteiger partial charge in [0.25, 0.3) is 0 Å². The quantitative estimate of drug-likeness (QED) is 0.785. The zero-order chi connectivity index (χ0) is 16.0. The Hall–Kier alpha value is -2.37. The van der Waals surface area contributed by atoms with E-state index >= 15 is 0 Å². The zero-order valence-corrected chi connectivity index (χ0v) is 13.5. The first kappa shape index (κ1) is 14.2. The topological polar surface area (TPSA) is 78.9 Å². The highest BCUT2D eigenvalue weighted by atomic mass is 16.5. The van der Waals surface area contributed by atoms with Crippen molar-refractivity contribution in [3.05, 3.63) is 18.5 Å². The number of hydrogen-bond donors (Lipinski definition) is 1. The molecule has 1 fully saturated rings. The molecule has 6 heteroatoms. The lowest BCUT2D eigenvalue weighted by Crippen LogP contribution is -2.17. The number of fused-ring (bicyclic) bond motifs is 3. The molecule has 6 nitrogen and oxygen atoms in total. The predicted molar refractivity (Wildman–Crippen MR) is 90.5 cm³/mol. The van der Waals surface area contributed by atoms with Crippen molar-refractivity contribution < 1.29 is 4.74 Å². The molecule has 1 aliphatic carbocycles. The third kappa shape index (κ3) is 2.29. The van der Waals surface area contributed by atoms with Gasteiger partial charge in [0.15, 0.2) is 0 Å². The average molecular weight is 311 g/mol. The molecule has 0 amide bonds. The molecular weight excluding hydrogens is 290 g/mol. The van der Waals surface area contributed by atoms with E-state index in [4.69, 9.17) is 10.5 Å². The van der Waals surface area contributed by atoms with Crippen LogP contribution in [-0.4, -0.2) is 26.6 Å². The number of ether oxygens (including phenoxy) is 1. The Kier molecular flexibility index (Phi) is 3.32. The maximum absolute atomic E-state index is 5.85. The van der Waals surface area contributed by atoms with E-state index in [1.165, 1.54) is 12.8 Å². The van der Waals surface area contributed by atoms with E-state index in [-0.39, 0.29) is 0 Å². The summed E-state index contributed by atoms with van der Waals surface area (Å²) in [5.74, 6) is 1.72. The van der Waals surface area contributed by atoms with Crippen molar-refractivity contribution in [1.82, 2.24) is 19.5 Å². The number of aromatic nitrogens is 4. The van der Waals surface area contributed by atoms with Crippen LogP contribution in [0.4, 0.5) is 5.95 Å². The first-order valence-electron chi connectivity index (χ1n) is 8.13. The SMILES string of the molecule is COc1cc2c3cnc(N)nc3n(C3CCC(C)CC3)c2cn1. The molecular formula is C17H21N5O. The zero-order valence-electron chi connectivity index (χ0n) is 13.5. The summed E-state index contributed by atoms with van der Waals surface area (Å²) in [6.45, 7) is 2.33. The largest absolute Gasteiger partial charge is 0.481 e. The average Bonchev–Trinajstić information content (AvgIpc) is 2.88. The van der Waals surface area contributed by atoms with Crippen LogP contribution in [0.15, 0.2) is 18.5 Å². The van der Waals surface area contributed by atoms with Crippen LogP contribution in [-0.2, 0) is 0 Å². The van der Waals surface area contributed by atoms with E-state index < -0.39 is 0 Å².